The summed E-state index contributed by atoms with van der Waals surface area (Å²) in [5, 5.41) is 12.8. The molecule has 254 valence electrons. The van der Waals surface area contributed by atoms with Crippen molar-refractivity contribution >= 4 is 29.0 Å². The van der Waals surface area contributed by atoms with Crippen molar-refractivity contribution in [2.75, 3.05) is 32.6 Å². The molecule has 1 saturated carbocycles. The van der Waals surface area contributed by atoms with E-state index < -0.39 is 0 Å². The molecule has 1 aromatic carbocycles. The number of nitroso groups, excluding NO2 is 1. The quantitative estimate of drug-likeness (QED) is 0.0944. The fourth-order valence-electron chi connectivity index (χ4n) is 5.17. The van der Waals surface area contributed by atoms with Gasteiger partial charge in [-0.2, -0.15) is 14.6 Å². The maximum Gasteiger partial charge on any atom is 0.313 e. The highest BCUT2D eigenvalue weighted by Gasteiger charge is 2.22. The molecule has 0 bridgehead atoms. The summed E-state index contributed by atoms with van der Waals surface area (Å²) >= 11 is 1.60. The van der Waals surface area contributed by atoms with Gasteiger partial charge in [0, 0.05) is 37.8 Å². The SMILES string of the molecule is C=C(Nc1[nH+]cc(C2CCCC2)cc1F)c1cc(N=O)ccc1S/C(C)=C\CCC.CCCCCOC1CCCCO1.CN=NC. The Morgan fingerprint density at radius 3 is 2.46 bits per heavy atom. The molecule has 2 aliphatic rings. The van der Waals surface area contributed by atoms with Gasteiger partial charge < -0.3 is 9.47 Å². The van der Waals surface area contributed by atoms with E-state index in [0.717, 1.165) is 66.2 Å². The van der Waals surface area contributed by atoms with E-state index in [9.17, 15) is 9.30 Å². The maximum atomic E-state index is 14.8. The lowest BCUT2D eigenvalue weighted by Gasteiger charge is -2.22. The first kappa shape index (κ1) is 39.2. The van der Waals surface area contributed by atoms with Gasteiger partial charge in [0.15, 0.2) is 6.29 Å². The van der Waals surface area contributed by atoms with E-state index in [1.54, 1.807) is 44.1 Å². The number of halogens is 1. The lowest BCUT2D eigenvalue weighted by molar-refractivity contribution is -0.363. The molecule has 8 nitrogen and oxygen atoms in total. The molecule has 0 radical (unpaired) electrons. The highest BCUT2D eigenvalue weighted by molar-refractivity contribution is 8.03. The molecular formula is C36H55FN5O3S+. The zero-order valence-electron chi connectivity index (χ0n) is 28.6. The van der Waals surface area contributed by atoms with Crippen molar-refractivity contribution in [3.63, 3.8) is 0 Å². The number of unbranched alkanes of at least 4 members (excludes halogenated alkanes) is 3. The van der Waals surface area contributed by atoms with E-state index in [1.807, 2.05) is 12.3 Å². The van der Waals surface area contributed by atoms with Crippen molar-refractivity contribution in [2.45, 2.75) is 115 Å². The van der Waals surface area contributed by atoms with Gasteiger partial charge in [-0.1, -0.05) is 70.4 Å². The predicted molar refractivity (Wildman–Crippen MR) is 189 cm³/mol. The molecule has 4 rings (SSSR count). The van der Waals surface area contributed by atoms with Crippen molar-refractivity contribution in [1.29, 1.82) is 0 Å². The molecule has 1 unspecified atom stereocenters. The second kappa shape index (κ2) is 23.4. The van der Waals surface area contributed by atoms with Gasteiger partial charge >= 0.3 is 5.82 Å². The van der Waals surface area contributed by atoms with Crippen LogP contribution < -0.4 is 10.3 Å². The van der Waals surface area contributed by atoms with E-state index in [-0.39, 0.29) is 17.9 Å². The van der Waals surface area contributed by atoms with Crippen molar-refractivity contribution < 1.29 is 18.8 Å². The molecule has 2 heterocycles. The van der Waals surface area contributed by atoms with E-state index in [1.165, 1.54) is 44.9 Å². The number of hydrogen-bond acceptors (Lipinski definition) is 8. The minimum atomic E-state index is -0.335. The first-order chi connectivity index (χ1) is 22.4. The van der Waals surface area contributed by atoms with Crippen molar-refractivity contribution in [1.82, 2.24) is 0 Å². The molecule has 1 atom stereocenters. The number of anilines is 1. The predicted octanol–water partition coefficient (Wildman–Crippen LogP) is 11.0. The van der Waals surface area contributed by atoms with Crippen LogP contribution in [0.5, 0.6) is 0 Å². The molecule has 1 aromatic heterocycles. The standard InChI is InChI=1S/C24H28FN3OS.C10H20O2.C2H6N2/c1-4-5-8-16(2)30-23-12-11-20(28-29)14-21(23)17(3)27-24-22(25)13-19(15-26-24)18-9-6-7-10-18;1-2-3-5-8-11-10-7-4-6-9-12-10;1-3-4-2/h8,11-15,18H,3-7,9-10H2,1-2H3,(H,26,27);10H,2-9H2,1H3;1-2H3/p+1/b16-8-;;. The number of allylic oxidation sites excluding steroid dienone is 2. The number of H-pyrrole nitrogens is 1. The van der Waals surface area contributed by atoms with Crippen LogP contribution in [0.1, 0.15) is 115 Å². The van der Waals surface area contributed by atoms with Gasteiger partial charge in [0.2, 0.25) is 5.82 Å². The Kier molecular flexibility index (Phi) is 19.9. The fraction of sp³-hybridized carbons (Fsp3) is 0.583. The van der Waals surface area contributed by atoms with Crippen molar-refractivity contribution in [2.24, 2.45) is 15.4 Å². The number of thioether (sulfide) groups is 1. The average Bonchev–Trinajstić information content (AvgIpc) is 3.63. The van der Waals surface area contributed by atoms with Crippen LogP contribution >= 0.6 is 11.8 Å². The summed E-state index contributed by atoms with van der Waals surface area (Å²) in [5.41, 5.74) is 2.57. The number of aromatic amines is 1. The lowest BCUT2D eigenvalue weighted by Crippen LogP contribution is -2.22. The molecule has 46 heavy (non-hydrogen) atoms. The maximum absolute atomic E-state index is 14.8. The van der Waals surface area contributed by atoms with E-state index >= 15 is 0 Å². The van der Waals surface area contributed by atoms with Crippen LogP contribution in [0, 0.1) is 10.7 Å². The number of rotatable bonds is 14. The molecular weight excluding hydrogens is 601 g/mol. The Labute approximate surface area is 280 Å². The summed E-state index contributed by atoms with van der Waals surface area (Å²) in [7, 11) is 3.28. The number of ether oxygens (including phenoxy) is 2. The molecule has 1 saturated heterocycles. The van der Waals surface area contributed by atoms with E-state index in [4.69, 9.17) is 9.47 Å². The molecule has 1 aliphatic carbocycles. The number of aromatic nitrogens is 1. The van der Waals surface area contributed by atoms with E-state index in [2.05, 4.69) is 59.1 Å². The Morgan fingerprint density at radius 1 is 1.11 bits per heavy atom. The summed E-state index contributed by atoms with van der Waals surface area (Å²) < 4.78 is 25.8. The van der Waals surface area contributed by atoms with Gasteiger partial charge in [-0.3, -0.25) is 0 Å². The lowest BCUT2D eigenvalue weighted by atomic mass is 9.99. The van der Waals surface area contributed by atoms with Gasteiger partial charge in [-0.15, -0.1) is 4.91 Å². The Hall–Kier alpha value is -2.95. The number of nitrogens with zero attached hydrogens (tertiary/aromatic N) is 3. The van der Waals surface area contributed by atoms with Crippen LogP contribution in [0.3, 0.4) is 0 Å². The summed E-state index contributed by atoms with van der Waals surface area (Å²) in [5.74, 6) is 0.364. The van der Waals surface area contributed by atoms with Gasteiger partial charge in [0.1, 0.15) is 11.4 Å². The summed E-state index contributed by atoms with van der Waals surface area (Å²) in [6.45, 7) is 12.3. The monoisotopic (exact) mass is 656 g/mol. The van der Waals surface area contributed by atoms with Crippen LogP contribution in [0.4, 0.5) is 15.9 Å². The zero-order chi connectivity index (χ0) is 33.6. The van der Waals surface area contributed by atoms with Crippen LogP contribution in [0.25, 0.3) is 5.70 Å². The van der Waals surface area contributed by atoms with Crippen molar-refractivity contribution in [3.8, 4) is 0 Å². The minimum absolute atomic E-state index is 0.107. The number of nitrogens with one attached hydrogen (secondary N) is 2. The molecule has 10 heteroatoms. The summed E-state index contributed by atoms with van der Waals surface area (Å²) in [6, 6.07) is 6.83. The summed E-state index contributed by atoms with van der Waals surface area (Å²) in [6.07, 6.45) is 18.2. The minimum Gasteiger partial charge on any atom is -0.353 e. The number of pyridine rings is 1. The van der Waals surface area contributed by atoms with Crippen molar-refractivity contribution in [3.05, 3.63) is 69.9 Å². The van der Waals surface area contributed by atoms with E-state index in [0.29, 0.717) is 17.3 Å². The second-order valence-electron chi connectivity index (χ2n) is 11.5. The molecule has 0 amide bonds. The average molecular weight is 657 g/mol. The van der Waals surface area contributed by atoms with Crippen LogP contribution in [0.15, 0.2) is 68.3 Å². The Balaban J connectivity index is 0.000000380. The summed E-state index contributed by atoms with van der Waals surface area (Å²) in [4.78, 5) is 16.2. The molecule has 0 spiro atoms. The first-order valence-corrected chi connectivity index (χ1v) is 17.6. The fourth-order valence-corrected chi connectivity index (χ4v) is 6.14. The van der Waals surface area contributed by atoms with Crippen LogP contribution in [-0.2, 0) is 9.47 Å². The van der Waals surface area contributed by atoms with Gasteiger partial charge in [-0.25, -0.2) is 10.3 Å². The zero-order valence-corrected chi connectivity index (χ0v) is 29.4. The Morgan fingerprint density at radius 2 is 1.85 bits per heavy atom. The third kappa shape index (κ3) is 14.6. The number of azo groups is 1. The normalized spacial score (nSPS) is 16.7. The van der Waals surface area contributed by atoms with Gasteiger partial charge in [0.05, 0.1) is 6.20 Å². The molecule has 2 aromatic rings. The van der Waals surface area contributed by atoms with Gasteiger partial charge in [0.25, 0.3) is 0 Å². The molecule has 2 fully saturated rings. The molecule has 1 aliphatic heterocycles. The highest BCUT2D eigenvalue weighted by atomic mass is 32.2. The highest BCUT2D eigenvalue weighted by Crippen LogP contribution is 2.36. The first-order valence-electron chi connectivity index (χ1n) is 16.8. The van der Waals surface area contributed by atoms with Crippen LogP contribution in [0.2, 0.25) is 0 Å². The topological polar surface area (TPSA) is 98.8 Å². The number of hydrogen-bond donors (Lipinski definition) is 1. The van der Waals surface area contributed by atoms with Crippen LogP contribution in [-0.4, -0.2) is 33.6 Å². The van der Waals surface area contributed by atoms with Gasteiger partial charge in [-0.05, 0) is 97.7 Å². The largest absolute Gasteiger partial charge is 0.353 e. The third-order valence-corrected chi connectivity index (χ3v) is 8.86. The smallest absolute Gasteiger partial charge is 0.313 e. The molecule has 2 N–H and O–H groups in total. The number of benzene rings is 1. The second-order valence-corrected chi connectivity index (χ2v) is 12.8. The Bertz CT molecular complexity index is 1240. The third-order valence-electron chi connectivity index (χ3n) is 7.79.